The van der Waals surface area contributed by atoms with Gasteiger partial charge in [0.15, 0.2) is 0 Å². The van der Waals surface area contributed by atoms with Crippen molar-refractivity contribution in [3.63, 3.8) is 0 Å². The van der Waals surface area contributed by atoms with Crippen molar-refractivity contribution in [2.75, 3.05) is 44.7 Å². The number of urea groups is 1. The van der Waals surface area contributed by atoms with Crippen LogP contribution in [0.1, 0.15) is 32.1 Å². The molecule has 4 rings (SSSR count). The van der Waals surface area contributed by atoms with Gasteiger partial charge in [0.1, 0.15) is 0 Å². The van der Waals surface area contributed by atoms with Crippen molar-refractivity contribution in [3.8, 4) is 0 Å². The van der Waals surface area contributed by atoms with Crippen LogP contribution in [0, 0.1) is 5.92 Å². The average Bonchev–Trinajstić information content (AvgIpc) is 3.29. The summed E-state index contributed by atoms with van der Waals surface area (Å²) >= 11 is 0. The minimum absolute atomic E-state index is 0.0457. The van der Waals surface area contributed by atoms with Crippen LogP contribution < -0.4 is 5.32 Å². The number of carbonyl (C=O) groups excluding carboxylic acids is 1. The Morgan fingerprint density at radius 1 is 1.16 bits per heavy atom. The maximum absolute atomic E-state index is 12.7. The lowest BCUT2D eigenvalue weighted by atomic mass is 9.92. The Labute approximate surface area is 149 Å². The van der Waals surface area contributed by atoms with Crippen molar-refractivity contribution in [2.24, 2.45) is 5.92 Å². The minimum atomic E-state index is 0.0457. The predicted octanol–water partition coefficient (Wildman–Crippen LogP) is 2.01. The number of nitrogens with zero attached hydrogens (tertiary/aromatic N) is 4. The highest BCUT2D eigenvalue weighted by atomic mass is 16.5. The van der Waals surface area contributed by atoms with Crippen LogP contribution >= 0.6 is 0 Å². The van der Waals surface area contributed by atoms with E-state index in [-0.39, 0.29) is 6.03 Å². The molecule has 0 aromatic carbocycles. The van der Waals surface area contributed by atoms with Crippen LogP contribution in [0.3, 0.4) is 0 Å². The fraction of sp³-hybridized carbons (Fsp3) is 0.778. The molecule has 0 bridgehead atoms. The van der Waals surface area contributed by atoms with Gasteiger partial charge in [-0.05, 0) is 31.6 Å². The van der Waals surface area contributed by atoms with Crippen molar-refractivity contribution >= 4 is 11.7 Å². The van der Waals surface area contributed by atoms with E-state index in [9.17, 15) is 4.79 Å². The normalized spacial score (nSPS) is 27.3. The Kier molecular flexibility index (Phi) is 5.22. The Morgan fingerprint density at radius 3 is 2.88 bits per heavy atom. The number of hydrogen-bond acceptors (Lipinski definition) is 4. The van der Waals surface area contributed by atoms with Crippen LogP contribution in [0.25, 0.3) is 0 Å². The van der Waals surface area contributed by atoms with Crippen molar-refractivity contribution in [1.82, 2.24) is 19.6 Å². The van der Waals surface area contributed by atoms with Crippen molar-refractivity contribution in [3.05, 3.63) is 12.4 Å². The summed E-state index contributed by atoms with van der Waals surface area (Å²) < 4.78 is 7.29. The van der Waals surface area contributed by atoms with E-state index in [4.69, 9.17) is 4.74 Å². The van der Waals surface area contributed by atoms with Gasteiger partial charge in [-0.15, -0.1) is 0 Å². The number of rotatable bonds is 4. The highest BCUT2D eigenvalue weighted by Gasteiger charge is 2.37. The molecule has 2 saturated heterocycles. The number of likely N-dealkylation sites (tertiary alicyclic amines) is 1. The predicted molar refractivity (Wildman–Crippen MR) is 95.6 cm³/mol. The number of piperidine rings is 1. The van der Waals surface area contributed by atoms with Crippen LogP contribution in [0.5, 0.6) is 0 Å². The van der Waals surface area contributed by atoms with Crippen molar-refractivity contribution < 1.29 is 9.53 Å². The smallest absolute Gasteiger partial charge is 0.322 e. The first-order chi connectivity index (χ1) is 12.3. The van der Waals surface area contributed by atoms with Crippen LogP contribution in [-0.2, 0) is 11.3 Å². The van der Waals surface area contributed by atoms with E-state index in [1.54, 1.807) is 6.20 Å². The summed E-state index contributed by atoms with van der Waals surface area (Å²) in [7, 11) is 0. The minimum Gasteiger partial charge on any atom is -0.379 e. The molecule has 1 aromatic rings. The standard InChI is InChI=1S/C18H29N5O2/c24-18(23-6-2-4-15-3-1-5-17(15)23)20-16-13-19-22(14-16)8-7-21-9-11-25-12-10-21/h13-15,17H,1-12H2,(H,20,24). The molecule has 7 nitrogen and oxygen atoms in total. The van der Waals surface area contributed by atoms with Gasteiger partial charge < -0.3 is 15.0 Å². The summed E-state index contributed by atoms with van der Waals surface area (Å²) in [6.07, 6.45) is 9.83. The van der Waals surface area contributed by atoms with Gasteiger partial charge >= 0.3 is 6.03 Å². The largest absolute Gasteiger partial charge is 0.379 e. The van der Waals surface area contributed by atoms with Gasteiger partial charge in [-0.2, -0.15) is 5.10 Å². The molecule has 3 aliphatic rings. The Bertz CT molecular complexity index is 584. The molecule has 0 radical (unpaired) electrons. The molecule has 1 N–H and O–H groups in total. The quantitative estimate of drug-likeness (QED) is 0.905. The molecule has 3 heterocycles. The molecule has 0 spiro atoms. The molecule has 2 aliphatic heterocycles. The lowest BCUT2D eigenvalue weighted by molar-refractivity contribution is 0.0360. The van der Waals surface area contributed by atoms with Gasteiger partial charge in [-0.1, -0.05) is 6.42 Å². The van der Waals surface area contributed by atoms with Gasteiger partial charge in [0.25, 0.3) is 0 Å². The molecular formula is C18H29N5O2. The first-order valence-electron chi connectivity index (χ1n) is 9.70. The van der Waals surface area contributed by atoms with Crippen molar-refractivity contribution in [1.29, 1.82) is 0 Å². The zero-order chi connectivity index (χ0) is 17.1. The number of carbonyl (C=O) groups is 1. The second-order valence-corrected chi connectivity index (χ2v) is 7.47. The summed E-state index contributed by atoms with van der Waals surface area (Å²) in [6, 6.07) is 0.495. The van der Waals surface area contributed by atoms with E-state index in [1.165, 1.54) is 19.3 Å². The summed E-state index contributed by atoms with van der Waals surface area (Å²) in [5.74, 6) is 0.718. The summed E-state index contributed by atoms with van der Waals surface area (Å²) in [5, 5.41) is 7.44. The lowest BCUT2D eigenvalue weighted by Crippen LogP contribution is -2.48. The van der Waals surface area contributed by atoms with E-state index in [1.807, 2.05) is 10.9 Å². The maximum Gasteiger partial charge on any atom is 0.322 e. The number of fused-ring (bicyclic) bond motifs is 1. The molecule has 1 aliphatic carbocycles. The summed E-state index contributed by atoms with van der Waals surface area (Å²) in [4.78, 5) is 17.1. The Balaban J connectivity index is 1.29. The van der Waals surface area contributed by atoms with Gasteiger partial charge in [0.2, 0.25) is 0 Å². The topological polar surface area (TPSA) is 62.6 Å². The number of anilines is 1. The number of nitrogens with one attached hydrogen (secondary N) is 1. The van der Waals surface area contributed by atoms with Gasteiger partial charge in [-0.25, -0.2) is 4.79 Å². The number of hydrogen-bond donors (Lipinski definition) is 1. The average molecular weight is 347 g/mol. The van der Waals surface area contributed by atoms with Crippen molar-refractivity contribution in [2.45, 2.75) is 44.7 Å². The van der Waals surface area contributed by atoms with E-state index in [0.717, 1.165) is 70.4 Å². The molecule has 3 fully saturated rings. The third-order valence-electron chi connectivity index (χ3n) is 5.89. The highest BCUT2D eigenvalue weighted by molar-refractivity contribution is 5.89. The molecular weight excluding hydrogens is 318 g/mol. The Morgan fingerprint density at radius 2 is 2.00 bits per heavy atom. The van der Waals surface area contributed by atoms with Crippen LogP contribution in [0.2, 0.25) is 0 Å². The van der Waals surface area contributed by atoms with E-state index in [2.05, 4.69) is 20.2 Å². The molecule has 1 saturated carbocycles. The third-order valence-corrected chi connectivity index (χ3v) is 5.89. The zero-order valence-corrected chi connectivity index (χ0v) is 14.9. The summed E-state index contributed by atoms with van der Waals surface area (Å²) in [5.41, 5.74) is 0.798. The van der Waals surface area contributed by atoms with Gasteiger partial charge in [0, 0.05) is 38.4 Å². The van der Waals surface area contributed by atoms with Crippen LogP contribution in [0.15, 0.2) is 12.4 Å². The fourth-order valence-corrected chi connectivity index (χ4v) is 4.52. The number of morpholine rings is 1. The highest BCUT2D eigenvalue weighted by Crippen LogP contribution is 2.36. The monoisotopic (exact) mass is 347 g/mol. The molecule has 2 unspecified atom stereocenters. The summed E-state index contributed by atoms with van der Waals surface area (Å²) in [6.45, 7) is 6.30. The SMILES string of the molecule is O=C(Nc1cnn(CCN2CCOCC2)c1)N1CCCC2CCCC21. The molecule has 2 atom stereocenters. The fourth-order valence-electron chi connectivity index (χ4n) is 4.52. The number of ether oxygens (including phenoxy) is 1. The van der Waals surface area contributed by atoms with Crippen LogP contribution in [0.4, 0.5) is 10.5 Å². The zero-order valence-electron chi connectivity index (χ0n) is 14.9. The maximum atomic E-state index is 12.7. The Hall–Kier alpha value is -1.60. The molecule has 138 valence electrons. The number of amides is 2. The first kappa shape index (κ1) is 16.8. The molecule has 7 heteroatoms. The van der Waals surface area contributed by atoms with E-state index < -0.39 is 0 Å². The number of aromatic nitrogens is 2. The molecule has 1 aromatic heterocycles. The second-order valence-electron chi connectivity index (χ2n) is 7.47. The van der Waals surface area contributed by atoms with E-state index in [0.29, 0.717) is 6.04 Å². The van der Waals surface area contributed by atoms with Gasteiger partial charge in [0.05, 0.1) is 31.6 Å². The first-order valence-corrected chi connectivity index (χ1v) is 9.70. The third kappa shape index (κ3) is 3.98. The van der Waals surface area contributed by atoms with E-state index >= 15 is 0 Å². The lowest BCUT2D eigenvalue weighted by Gasteiger charge is -2.37. The van der Waals surface area contributed by atoms with Crippen LogP contribution in [-0.4, -0.2) is 71.0 Å². The molecule has 2 amide bonds. The molecule has 25 heavy (non-hydrogen) atoms. The van der Waals surface area contributed by atoms with Gasteiger partial charge in [-0.3, -0.25) is 9.58 Å². The second kappa shape index (κ2) is 7.74.